The molecule has 0 bridgehead atoms. The zero-order chi connectivity index (χ0) is 14.2. The lowest BCUT2D eigenvalue weighted by Gasteiger charge is -2.16. The summed E-state index contributed by atoms with van der Waals surface area (Å²) in [6, 6.07) is 7.93. The van der Waals surface area contributed by atoms with Crippen molar-refractivity contribution in [3.8, 4) is 5.75 Å². The van der Waals surface area contributed by atoms with Gasteiger partial charge in [-0.2, -0.15) is 4.98 Å². The van der Waals surface area contributed by atoms with E-state index in [0.29, 0.717) is 18.1 Å². The van der Waals surface area contributed by atoms with Crippen LogP contribution in [0.4, 0.5) is 0 Å². The highest BCUT2D eigenvalue weighted by Crippen LogP contribution is 2.36. The molecular formula is C16H16N2O3. The van der Waals surface area contributed by atoms with Crippen LogP contribution >= 0.6 is 0 Å². The minimum Gasteiger partial charge on any atom is -0.482 e. The molecule has 5 nitrogen and oxygen atoms in total. The molecule has 0 amide bonds. The third-order valence-electron chi connectivity index (χ3n) is 4.25. The van der Waals surface area contributed by atoms with Gasteiger partial charge in [0.15, 0.2) is 6.10 Å². The third kappa shape index (κ3) is 2.22. The Balaban J connectivity index is 1.54. The molecule has 1 aromatic heterocycles. The molecule has 2 unspecified atom stereocenters. The van der Waals surface area contributed by atoms with Gasteiger partial charge in [0.2, 0.25) is 11.7 Å². The van der Waals surface area contributed by atoms with Crippen LogP contribution < -0.4 is 4.74 Å². The highest BCUT2D eigenvalue weighted by Gasteiger charge is 2.32. The third-order valence-corrected chi connectivity index (χ3v) is 4.25. The highest BCUT2D eigenvalue weighted by atomic mass is 16.5. The molecule has 1 aliphatic carbocycles. The normalized spacial score (nSPS) is 24.7. The summed E-state index contributed by atoms with van der Waals surface area (Å²) in [5.41, 5.74) is 1.16. The van der Waals surface area contributed by atoms with Gasteiger partial charge in [0.05, 0.1) is 5.92 Å². The van der Waals surface area contributed by atoms with Gasteiger partial charge in [0, 0.05) is 12.8 Å². The molecule has 2 aromatic rings. The molecule has 1 fully saturated rings. The smallest absolute Gasteiger partial charge is 0.237 e. The summed E-state index contributed by atoms with van der Waals surface area (Å²) in [6.07, 6.45) is 3.98. The number of aromatic nitrogens is 2. The van der Waals surface area contributed by atoms with Crippen LogP contribution in [-0.4, -0.2) is 15.9 Å². The van der Waals surface area contributed by atoms with Crippen LogP contribution in [0.15, 0.2) is 28.8 Å². The Morgan fingerprint density at radius 2 is 2.10 bits per heavy atom. The molecule has 1 aliphatic heterocycles. The van der Waals surface area contributed by atoms with Crippen molar-refractivity contribution in [2.75, 3.05) is 0 Å². The molecule has 2 heterocycles. The molecule has 1 saturated carbocycles. The van der Waals surface area contributed by atoms with E-state index < -0.39 is 0 Å². The fraction of sp³-hybridized carbons (Fsp3) is 0.438. The predicted molar refractivity (Wildman–Crippen MR) is 74.0 cm³/mol. The van der Waals surface area contributed by atoms with E-state index in [-0.39, 0.29) is 17.8 Å². The molecule has 0 spiro atoms. The van der Waals surface area contributed by atoms with E-state index in [0.717, 1.165) is 37.0 Å². The van der Waals surface area contributed by atoms with Crippen molar-refractivity contribution in [2.24, 2.45) is 0 Å². The van der Waals surface area contributed by atoms with Crippen LogP contribution in [0.1, 0.15) is 55.0 Å². The average molecular weight is 284 g/mol. The second kappa shape index (κ2) is 4.98. The number of Topliss-reactive ketones (excluding diaryl/α,β-unsaturated/α-hetero) is 1. The molecule has 2 atom stereocenters. The summed E-state index contributed by atoms with van der Waals surface area (Å²) in [4.78, 5) is 16.4. The largest absolute Gasteiger partial charge is 0.482 e. The second-order valence-electron chi connectivity index (χ2n) is 5.67. The lowest BCUT2D eigenvalue weighted by Crippen LogP contribution is -2.17. The molecule has 0 radical (unpaired) electrons. The van der Waals surface area contributed by atoms with Crippen LogP contribution in [0.3, 0.4) is 0 Å². The number of nitrogens with zero attached hydrogens (tertiary/aromatic N) is 2. The van der Waals surface area contributed by atoms with Crippen molar-refractivity contribution in [1.29, 1.82) is 0 Å². The number of carbonyl (C=O) groups is 1. The molecule has 5 heteroatoms. The number of para-hydroxylation sites is 1. The van der Waals surface area contributed by atoms with Gasteiger partial charge in [0.25, 0.3) is 0 Å². The molecule has 21 heavy (non-hydrogen) atoms. The Bertz CT molecular complexity index is 655. The van der Waals surface area contributed by atoms with E-state index in [1.54, 1.807) is 0 Å². The first-order chi connectivity index (χ1) is 10.3. The Morgan fingerprint density at radius 1 is 1.19 bits per heavy atom. The van der Waals surface area contributed by atoms with E-state index in [1.807, 2.05) is 24.3 Å². The second-order valence-corrected chi connectivity index (χ2v) is 5.67. The number of ketones is 1. The summed E-state index contributed by atoms with van der Waals surface area (Å²) >= 11 is 0. The number of rotatable bonds is 2. The van der Waals surface area contributed by atoms with Gasteiger partial charge in [-0.3, -0.25) is 4.79 Å². The van der Waals surface area contributed by atoms with Gasteiger partial charge in [0.1, 0.15) is 11.5 Å². The van der Waals surface area contributed by atoms with Crippen molar-refractivity contribution in [1.82, 2.24) is 10.1 Å². The van der Waals surface area contributed by atoms with Crippen LogP contribution in [-0.2, 0) is 11.2 Å². The Kier molecular flexibility index (Phi) is 2.98. The quantitative estimate of drug-likeness (QED) is 0.848. The number of hydrogen-bond acceptors (Lipinski definition) is 5. The molecule has 0 saturated heterocycles. The molecule has 1 aromatic carbocycles. The predicted octanol–water partition coefficient (Wildman–Crippen LogP) is 2.97. The van der Waals surface area contributed by atoms with Crippen molar-refractivity contribution in [2.45, 2.75) is 44.1 Å². The van der Waals surface area contributed by atoms with Crippen molar-refractivity contribution in [3.05, 3.63) is 41.5 Å². The first-order valence-electron chi connectivity index (χ1n) is 7.42. The average Bonchev–Trinajstić information content (AvgIpc) is 3.14. The minimum atomic E-state index is -0.219. The van der Waals surface area contributed by atoms with Crippen LogP contribution in [0.5, 0.6) is 5.75 Å². The lowest BCUT2D eigenvalue weighted by atomic mass is 9.88. The van der Waals surface area contributed by atoms with Gasteiger partial charge in [-0.05, 0) is 24.5 Å². The molecular weight excluding hydrogens is 268 g/mol. The lowest BCUT2D eigenvalue weighted by molar-refractivity contribution is -0.122. The maximum Gasteiger partial charge on any atom is 0.237 e. The van der Waals surface area contributed by atoms with Crippen LogP contribution in [0.2, 0.25) is 0 Å². The molecule has 2 aliphatic rings. The summed E-state index contributed by atoms with van der Waals surface area (Å²) in [5, 5.41) is 4.03. The van der Waals surface area contributed by atoms with Crippen molar-refractivity contribution >= 4 is 5.78 Å². The van der Waals surface area contributed by atoms with Crippen molar-refractivity contribution in [3.63, 3.8) is 0 Å². The summed E-state index contributed by atoms with van der Waals surface area (Å²) in [7, 11) is 0. The molecule has 0 N–H and O–H groups in total. The van der Waals surface area contributed by atoms with E-state index in [4.69, 9.17) is 9.26 Å². The summed E-state index contributed by atoms with van der Waals surface area (Å²) in [6.45, 7) is 0. The number of hydrogen-bond donors (Lipinski definition) is 0. The van der Waals surface area contributed by atoms with Gasteiger partial charge < -0.3 is 9.26 Å². The van der Waals surface area contributed by atoms with E-state index in [1.165, 1.54) is 0 Å². The number of benzene rings is 1. The Labute approximate surface area is 122 Å². The van der Waals surface area contributed by atoms with Gasteiger partial charge in [-0.25, -0.2) is 0 Å². The Morgan fingerprint density at radius 3 is 2.95 bits per heavy atom. The standard InChI is InChI=1S/C16H16N2O3/c19-12-7-3-2-6-11(12)16-17-15(18-21-16)14-9-10-5-1-4-8-13(10)20-14/h1,4-5,8,11,14H,2-3,6-7,9H2. The maximum atomic E-state index is 11.9. The highest BCUT2D eigenvalue weighted by molar-refractivity contribution is 5.85. The topological polar surface area (TPSA) is 65.2 Å². The zero-order valence-electron chi connectivity index (χ0n) is 11.6. The first-order valence-corrected chi connectivity index (χ1v) is 7.42. The number of ether oxygens (including phenoxy) is 1. The summed E-state index contributed by atoms with van der Waals surface area (Å²) < 4.78 is 11.2. The van der Waals surface area contributed by atoms with Gasteiger partial charge >= 0.3 is 0 Å². The number of fused-ring (bicyclic) bond motifs is 1. The monoisotopic (exact) mass is 284 g/mol. The fourth-order valence-electron chi connectivity index (χ4n) is 3.09. The maximum absolute atomic E-state index is 11.9. The van der Waals surface area contributed by atoms with Crippen LogP contribution in [0.25, 0.3) is 0 Å². The minimum absolute atomic E-state index is 0.210. The van der Waals surface area contributed by atoms with Crippen molar-refractivity contribution < 1.29 is 14.1 Å². The van der Waals surface area contributed by atoms with E-state index in [2.05, 4.69) is 10.1 Å². The first kappa shape index (κ1) is 12.6. The van der Waals surface area contributed by atoms with E-state index in [9.17, 15) is 4.79 Å². The summed E-state index contributed by atoms with van der Waals surface area (Å²) in [5.74, 6) is 1.87. The van der Waals surface area contributed by atoms with Gasteiger partial charge in [-0.15, -0.1) is 0 Å². The van der Waals surface area contributed by atoms with Gasteiger partial charge in [-0.1, -0.05) is 29.8 Å². The fourth-order valence-corrected chi connectivity index (χ4v) is 3.09. The molecule has 4 rings (SSSR count). The Hall–Kier alpha value is -2.17. The van der Waals surface area contributed by atoms with E-state index >= 15 is 0 Å². The molecule has 108 valence electrons. The van der Waals surface area contributed by atoms with Crippen LogP contribution in [0, 0.1) is 0 Å². The zero-order valence-corrected chi connectivity index (χ0v) is 11.6. The number of carbonyl (C=O) groups excluding carboxylic acids is 1. The SMILES string of the molecule is O=C1CCCCC1c1nc(C2Cc3ccccc3O2)no1.